The number of fused-ring (bicyclic) bond motifs is 1. The van der Waals surface area contributed by atoms with Crippen molar-refractivity contribution in [3.63, 3.8) is 0 Å². The average Bonchev–Trinajstić information content (AvgIpc) is 2.58. The molecule has 0 fully saturated rings. The number of halogens is 4. The Morgan fingerprint density at radius 1 is 1.08 bits per heavy atom. The van der Waals surface area contributed by atoms with Crippen LogP contribution in [0.3, 0.4) is 0 Å². The summed E-state index contributed by atoms with van der Waals surface area (Å²) in [5.74, 6) is -5.71. The zero-order valence-electron chi connectivity index (χ0n) is 13.2. The van der Waals surface area contributed by atoms with Crippen molar-refractivity contribution < 1.29 is 27.1 Å². The van der Waals surface area contributed by atoms with Gasteiger partial charge in [-0.2, -0.15) is 5.10 Å². The van der Waals surface area contributed by atoms with Crippen LogP contribution in [0.5, 0.6) is 0 Å². The number of hydrogen-bond acceptors (Lipinski definition) is 4. The van der Waals surface area contributed by atoms with E-state index in [2.05, 4.69) is 5.10 Å². The molecule has 0 saturated carbocycles. The lowest BCUT2D eigenvalue weighted by molar-refractivity contribution is 0.0516. The predicted octanol–water partition coefficient (Wildman–Crippen LogP) is 3.12. The molecule has 0 aliphatic rings. The Labute approximate surface area is 143 Å². The molecule has 0 radical (unpaired) electrons. The highest BCUT2D eigenvalue weighted by molar-refractivity contribution is 5.92. The summed E-state index contributed by atoms with van der Waals surface area (Å²) in [6, 6.07) is 3.66. The lowest BCUT2D eigenvalue weighted by atomic mass is 10.1. The van der Waals surface area contributed by atoms with E-state index in [9.17, 15) is 27.2 Å². The lowest BCUT2D eigenvalue weighted by Gasteiger charge is -2.13. The monoisotopic (exact) mass is 366 g/mol. The maximum Gasteiger partial charge on any atom is 0.362 e. The number of carbonyl (C=O) groups is 1. The highest BCUT2D eigenvalue weighted by Gasteiger charge is 2.22. The minimum absolute atomic E-state index is 0.0688. The van der Waals surface area contributed by atoms with Crippen molar-refractivity contribution >= 4 is 16.9 Å². The molecule has 9 heteroatoms. The summed E-state index contributed by atoms with van der Waals surface area (Å²) in [6.45, 7) is 1.42. The molecule has 0 bridgehead atoms. The molecule has 0 amide bonds. The van der Waals surface area contributed by atoms with Gasteiger partial charge in [-0.25, -0.2) is 27.0 Å². The molecule has 5 nitrogen and oxygen atoms in total. The van der Waals surface area contributed by atoms with E-state index in [1.807, 2.05) is 0 Å². The predicted molar refractivity (Wildman–Crippen MR) is 83.1 cm³/mol. The van der Waals surface area contributed by atoms with Gasteiger partial charge in [0, 0.05) is 12.1 Å². The van der Waals surface area contributed by atoms with Crippen LogP contribution < -0.4 is 5.43 Å². The number of carbonyl (C=O) groups excluding carboxylic acids is 1. The quantitative estimate of drug-likeness (QED) is 0.528. The van der Waals surface area contributed by atoms with E-state index < -0.39 is 45.7 Å². The van der Waals surface area contributed by atoms with Gasteiger partial charge < -0.3 is 4.74 Å². The molecule has 2 aromatic carbocycles. The minimum atomic E-state index is -1.33. The van der Waals surface area contributed by atoms with Crippen LogP contribution in [0.2, 0.25) is 0 Å². The molecule has 0 atom stereocenters. The SMILES string of the molecule is CCOC(=O)c1nn(-c2ccc(F)cc2F)c2cc(F)c(F)cc2c1=O. The number of aromatic nitrogens is 2. The second kappa shape index (κ2) is 6.58. The van der Waals surface area contributed by atoms with Crippen LogP contribution in [-0.4, -0.2) is 22.4 Å². The Morgan fingerprint density at radius 2 is 1.77 bits per heavy atom. The van der Waals surface area contributed by atoms with Crippen molar-refractivity contribution in [2.75, 3.05) is 6.61 Å². The second-order valence-corrected chi connectivity index (χ2v) is 5.19. The van der Waals surface area contributed by atoms with E-state index in [1.54, 1.807) is 0 Å². The summed E-state index contributed by atoms with van der Waals surface area (Å²) in [6.07, 6.45) is 0. The number of nitrogens with zero attached hydrogens (tertiary/aromatic N) is 2. The number of benzene rings is 2. The van der Waals surface area contributed by atoms with Gasteiger partial charge in [-0.3, -0.25) is 4.79 Å². The highest BCUT2D eigenvalue weighted by Crippen LogP contribution is 2.21. The molecule has 3 aromatic rings. The van der Waals surface area contributed by atoms with Gasteiger partial charge in [0.05, 0.1) is 17.5 Å². The third kappa shape index (κ3) is 2.92. The summed E-state index contributed by atoms with van der Waals surface area (Å²) in [5.41, 5.74) is -2.41. The fourth-order valence-electron chi connectivity index (χ4n) is 2.39. The van der Waals surface area contributed by atoms with E-state index in [-0.39, 0.29) is 17.8 Å². The molecular formula is C17H10F4N2O3. The first-order valence-corrected chi connectivity index (χ1v) is 7.38. The summed E-state index contributed by atoms with van der Waals surface area (Å²) < 4.78 is 60.0. The van der Waals surface area contributed by atoms with Crippen LogP contribution in [0.1, 0.15) is 17.4 Å². The van der Waals surface area contributed by atoms with Gasteiger partial charge in [0.25, 0.3) is 0 Å². The van der Waals surface area contributed by atoms with E-state index >= 15 is 0 Å². The zero-order valence-corrected chi connectivity index (χ0v) is 13.2. The molecular weight excluding hydrogens is 356 g/mol. The summed E-state index contributed by atoms with van der Waals surface area (Å²) in [4.78, 5) is 24.4. The van der Waals surface area contributed by atoms with Crippen molar-refractivity contribution in [1.82, 2.24) is 9.78 Å². The topological polar surface area (TPSA) is 61.2 Å². The van der Waals surface area contributed by atoms with Gasteiger partial charge in [0.1, 0.15) is 11.5 Å². The fourth-order valence-corrected chi connectivity index (χ4v) is 2.39. The van der Waals surface area contributed by atoms with E-state index in [1.165, 1.54) is 6.92 Å². The summed E-state index contributed by atoms with van der Waals surface area (Å²) in [5, 5.41) is 3.32. The van der Waals surface area contributed by atoms with Crippen LogP contribution in [0.15, 0.2) is 35.1 Å². The number of hydrogen-bond donors (Lipinski definition) is 0. The van der Waals surface area contributed by atoms with Crippen molar-refractivity contribution in [2.45, 2.75) is 6.92 Å². The van der Waals surface area contributed by atoms with Gasteiger partial charge in [-0.1, -0.05) is 0 Å². The summed E-state index contributed by atoms with van der Waals surface area (Å²) >= 11 is 0. The maximum absolute atomic E-state index is 14.2. The molecule has 3 rings (SSSR count). The third-order valence-corrected chi connectivity index (χ3v) is 3.53. The Morgan fingerprint density at radius 3 is 2.42 bits per heavy atom. The largest absolute Gasteiger partial charge is 0.461 e. The van der Waals surface area contributed by atoms with Crippen molar-refractivity contribution in [1.29, 1.82) is 0 Å². The molecule has 0 unspecified atom stereocenters. The minimum Gasteiger partial charge on any atom is -0.461 e. The van der Waals surface area contributed by atoms with Crippen LogP contribution in [-0.2, 0) is 4.74 Å². The Bertz CT molecular complexity index is 1100. The lowest BCUT2D eigenvalue weighted by Crippen LogP contribution is -2.24. The number of esters is 1. The smallest absolute Gasteiger partial charge is 0.362 e. The third-order valence-electron chi connectivity index (χ3n) is 3.53. The molecule has 0 aliphatic heterocycles. The summed E-state index contributed by atoms with van der Waals surface area (Å²) in [7, 11) is 0. The Hall–Kier alpha value is -3.23. The molecule has 0 N–H and O–H groups in total. The Kier molecular flexibility index (Phi) is 4.45. The fraction of sp³-hybridized carbons (Fsp3) is 0.118. The van der Waals surface area contributed by atoms with Crippen molar-refractivity contribution in [3.05, 3.63) is 69.5 Å². The van der Waals surface area contributed by atoms with Crippen LogP contribution in [0.4, 0.5) is 17.6 Å². The normalized spacial score (nSPS) is 11.0. The van der Waals surface area contributed by atoms with E-state index in [0.29, 0.717) is 18.2 Å². The first-order chi connectivity index (χ1) is 12.3. The molecule has 0 saturated heterocycles. The first kappa shape index (κ1) is 17.6. The second-order valence-electron chi connectivity index (χ2n) is 5.19. The molecule has 134 valence electrons. The van der Waals surface area contributed by atoms with Gasteiger partial charge in [0.15, 0.2) is 17.5 Å². The first-order valence-electron chi connectivity index (χ1n) is 7.38. The highest BCUT2D eigenvalue weighted by atomic mass is 19.2. The molecule has 1 heterocycles. The Balaban J connectivity index is 2.43. The average molecular weight is 366 g/mol. The maximum atomic E-state index is 14.2. The van der Waals surface area contributed by atoms with Crippen molar-refractivity contribution in [2.24, 2.45) is 0 Å². The van der Waals surface area contributed by atoms with Crippen LogP contribution in [0, 0.1) is 23.3 Å². The van der Waals surface area contributed by atoms with Gasteiger partial charge in [-0.15, -0.1) is 0 Å². The van der Waals surface area contributed by atoms with E-state index in [4.69, 9.17) is 4.74 Å². The standard InChI is InChI=1S/C17H10F4N2O3/c1-2-26-17(25)15-16(24)9-6-10(19)11(20)7-14(9)23(22-15)13-4-3-8(18)5-12(13)21/h3-7H,2H2,1H3. The molecule has 0 spiro atoms. The zero-order chi connectivity index (χ0) is 19.0. The van der Waals surface area contributed by atoms with Crippen LogP contribution in [0.25, 0.3) is 16.6 Å². The van der Waals surface area contributed by atoms with Crippen molar-refractivity contribution in [3.8, 4) is 5.69 Å². The van der Waals surface area contributed by atoms with E-state index in [0.717, 1.165) is 16.8 Å². The molecule has 26 heavy (non-hydrogen) atoms. The van der Waals surface area contributed by atoms with Gasteiger partial charge >= 0.3 is 5.97 Å². The number of rotatable bonds is 3. The van der Waals surface area contributed by atoms with Gasteiger partial charge in [-0.05, 0) is 25.1 Å². The molecule has 0 aliphatic carbocycles. The van der Waals surface area contributed by atoms with Crippen LogP contribution >= 0.6 is 0 Å². The van der Waals surface area contributed by atoms with Gasteiger partial charge in [0.2, 0.25) is 11.1 Å². The molecule has 1 aromatic heterocycles. The number of ether oxygens (including phenoxy) is 1.